The first-order chi connectivity index (χ1) is 15.1. The molecule has 0 aromatic heterocycles. The summed E-state index contributed by atoms with van der Waals surface area (Å²) in [5, 5.41) is 0. The van der Waals surface area contributed by atoms with E-state index in [1.165, 1.54) is 15.7 Å². The van der Waals surface area contributed by atoms with Gasteiger partial charge in [0.15, 0.2) is 0 Å². The summed E-state index contributed by atoms with van der Waals surface area (Å²) < 4.78 is 61.0. The molecule has 2 aromatic rings. The van der Waals surface area contributed by atoms with Gasteiger partial charge in [0.25, 0.3) is 0 Å². The number of anilines is 1. The van der Waals surface area contributed by atoms with Crippen LogP contribution in [0.4, 0.5) is 5.69 Å². The number of sulfonamides is 2. The van der Waals surface area contributed by atoms with Gasteiger partial charge >= 0.3 is 0 Å². The van der Waals surface area contributed by atoms with Gasteiger partial charge < -0.3 is 9.64 Å². The van der Waals surface area contributed by atoms with Crippen LogP contribution in [0.5, 0.6) is 5.75 Å². The molecule has 1 heterocycles. The third kappa shape index (κ3) is 4.96. The monoisotopic (exact) mass is 545 g/mol. The Hall–Kier alpha value is -1.66. The van der Waals surface area contributed by atoms with Crippen molar-refractivity contribution in [3.63, 3.8) is 0 Å². The number of rotatable bonds is 8. The summed E-state index contributed by atoms with van der Waals surface area (Å²) in [6.45, 7) is 5.78. The average Bonchev–Trinajstić information content (AvgIpc) is 2.79. The topological polar surface area (TPSA) is 87.2 Å². The highest BCUT2D eigenvalue weighted by Crippen LogP contribution is 2.33. The van der Waals surface area contributed by atoms with Gasteiger partial charge in [-0.15, -0.1) is 0 Å². The lowest BCUT2D eigenvalue weighted by molar-refractivity contribution is 0.378. The first-order valence-corrected chi connectivity index (χ1v) is 14.0. The summed E-state index contributed by atoms with van der Waals surface area (Å²) in [6, 6.07) is 11.4. The minimum atomic E-state index is -3.62. The molecule has 0 bridgehead atoms. The van der Waals surface area contributed by atoms with E-state index in [2.05, 4.69) is 15.9 Å². The van der Waals surface area contributed by atoms with Gasteiger partial charge in [0.05, 0.1) is 22.6 Å². The number of methoxy groups -OCH3 is 1. The molecule has 0 N–H and O–H groups in total. The van der Waals surface area contributed by atoms with E-state index in [1.54, 1.807) is 56.3 Å². The smallest absolute Gasteiger partial charge is 0.243 e. The number of hydrogen-bond donors (Lipinski definition) is 0. The second-order valence-corrected chi connectivity index (χ2v) is 12.1. The van der Waals surface area contributed by atoms with E-state index in [9.17, 15) is 16.8 Å². The minimum Gasteiger partial charge on any atom is -0.495 e. The zero-order valence-electron chi connectivity index (χ0n) is 18.4. The predicted molar refractivity (Wildman–Crippen MR) is 128 cm³/mol. The molecule has 0 saturated carbocycles. The number of benzene rings is 2. The lowest BCUT2D eigenvalue weighted by atomic mass is 10.2. The molecule has 1 saturated heterocycles. The molecule has 1 aliphatic heterocycles. The van der Waals surface area contributed by atoms with Gasteiger partial charge in [-0.3, -0.25) is 0 Å². The maximum Gasteiger partial charge on any atom is 0.243 e. The van der Waals surface area contributed by atoms with Crippen LogP contribution in [0.2, 0.25) is 0 Å². The first-order valence-electron chi connectivity index (χ1n) is 10.3. The standard InChI is InChI=1S/C21H28BrN3O5S2/c1-4-24(5-2)32(28,29)19-10-11-21(30-3)20(16-19)23-12-14-25(15-13-23)31(26,27)18-8-6-17(22)7-9-18/h6-11,16H,4-5,12-15H2,1-3H3. The highest BCUT2D eigenvalue weighted by atomic mass is 79.9. The summed E-state index contributed by atoms with van der Waals surface area (Å²) >= 11 is 3.32. The van der Waals surface area contributed by atoms with Gasteiger partial charge in [-0.1, -0.05) is 29.8 Å². The molecular formula is C21H28BrN3O5S2. The summed E-state index contributed by atoms with van der Waals surface area (Å²) in [4.78, 5) is 2.41. The largest absolute Gasteiger partial charge is 0.495 e. The van der Waals surface area contributed by atoms with Crippen molar-refractivity contribution in [2.45, 2.75) is 23.6 Å². The van der Waals surface area contributed by atoms with Gasteiger partial charge in [0.1, 0.15) is 5.75 Å². The van der Waals surface area contributed by atoms with Crippen LogP contribution in [0.3, 0.4) is 0 Å². The lowest BCUT2D eigenvalue weighted by Crippen LogP contribution is -2.48. The summed E-state index contributed by atoms with van der Waals surface area (Å²) in [5.41, 5.74) is 0.640. The van der Waals surface area contributed by atoms with Crippen molar-refractivity contribution in [2.24, 2.45) is 0 Å². The maximum atomic E-state index is 13.0. The van der Waals surface area contributed by atoms with E-state index in [-0.39, 0.29) is 22.9 Å². The SMILES string of the molecule is CCN(CC)S(=O)(=O)c1ccc(OC)c(N2CCN(S(=O)(=O)c3ccc(Br)cc3)CC2)c1. The van der Waals surface area contributed by atoms with Crippen molar-refractivity contribution < 1.29 is 21.6 Å². The molecule has 1 aliphatic rings. The first kappa shape index (κ1) is 25.0. The predicted octanol–water partition coefficient (Wildman–Crippen LogP) is 3.00. The lowest BCUT2D eigenvalue weighted by Gasteiger charge is -2.36. The molecule has 8 nitrogen and oxygen atoms in total. The van der Waals surface area contributed by atoms with Crippen LogP contribution < -0.4 is 9.64 Å². The fourth-order valence-corrected chi connectivity index (χ4v) is 6.88. The van der Waals surface area contributed by atoms with Gasteiger partial charge in [-0.2, -0.15) is 8.61 Å². The maximum absolute atomic E-state index is 13.0. The van der Waals surface area contributed by atoms with Gasteiger partial charge in [-0.05, 0) is 42.5 Å². The third-order valence-corrected chi connectivity index (χ3v) is 10.0. The zero-order chi connectivity index (χ0) is 23.5. The van der Waals surface area contributed by atoms with Crippen LogP contribution in [-0.2, 0) is 20.0 Å². The number of piperazine rings is 1. The van der Waals surface area contributed by atoms with Crippen LogP contribution >= 0.6 is 15.9 Å². The van der Waals surface area contributed by atoms with Crippen LogP contribution in [0.25, 0.3) is 0 Å². The van der Waals surface area contributed by atoms with Crippen molar-refractivity contribution >= 4 is 41.7 Å². The van der Waals surface area contributed by atoms with Crippen LogP contribution in [0, 0.1) is 0 Å². The molecule has 0 spiro atoms. The second-order valence-electron chi connectivity index (χ2n) is 7.27. The molecule has 0 atom stereocenters. The van der Waals surface area contributed by atoms with Crippen molar-refractivity contribution in [1.82, 2.24) is 8.61 Å². The number of nitrogens with zero attached hydrogens (tertiary/aromatic N) is 3. The Morgan fingerprint density at radius 3 is 2.00 bits per heavy atom. The molecule has 0 amide bonds. The highest BCUT2D eigenvalue weighted by molar-refractivity contribution is 9.10. The molecular weight excluding hydrogens is 518 g/mol. The average molecular weight is 547 g/mol. The van der Waals surface area contributed by atoms with Gasteiger partial charge in [0.2, 0.25) is 20.0 Å². The molecule has 176 valence electrons. The van der Waals surface area contributed by atoms with Gasteiger partial charge in [-0.25, -0.2) is 16.8 Å². The minimum absolute atomic E-state index is 0.196. The fraction of sp³-hybridized carbons (Fsp3) is 0.429. The van der Waals surface area contributed by atoms with E-state index in [4.69, 9.17) is 4.74 Å². The van der Waals surface area contributed by atoms with Crippen molar-refractivity contribution in [1.29, 1.82) is 0 Å². The molecule has 2 aromatic carbocycles. The summed E-state index contributed by atoms with van der Waals surface area (Å²) in [7, 11) is -5.68. The van der Waals surface area contributed by atoms with Crippen molar-refractivity contribution in [3.05, 3.63) is 46.9 Å². The van der Waals surface area contributed by atoms with Gasteiger partial charge in [0, 0.05) is 43.7 Å². The van der Waals surface area contributed by atoms with E-state index >= 15 is 0 Å². The molecule has 11 heteroatoms. The Balaban J connectivity index is 1.84. The molecule has 3 rings (SSSR count). The quantitative estimate of drug-likeness (QED) is 0.506. The van der Waals surface area contributed by atoms with E-state index in [0.29, 0.717) is 37.6 Å². The van der Waals surface area contributed by atoms with Crippen LogP contribution in [-0.4, -0.2) is 71.8 Å². The molecule has 1 fully saturated rings. The Morgan fingerprint density at radius 2 is 1.47 bits per heavy atom. The zero-order valence-corrected chi connectivity index (χ0v) is 21.6. The number of halogens is 1. The van der Waals surface area contributed by atoms with E-state index in [0.717, 1.165) is 4.47 Å². The van der Waals surface area contributed by atoms with Crippen LogP contribution in [0.1, 0.15) is 13.8 Å². The van der Waals surface area contributed by atoms with Crippen molar-refractivity contribution in [3.8, 4) is 5.75 Å². The second kappa shape index (κ2) is 10.1. The van der Waals surface area contributed by atoms with E-state index in [1.807, 2.05) is 4.90 Å². The third-order valence-electron chi connectivity index (χ3n) is 5.52. The summed E-state index contributed by atoms with van der Waals surface area (Å²) in [5.74, 6) is 0.549. The van der Waals surface area contributed by atoms with Crippen LogP contribution in [0.15, 0.2) is 56.7 Å². The van der Waals surface area contributed by atoms with Crippen molar-refractivity contribution in [2.75, 3.05) is 51.3 Å². The Bertz CT molecular complexity index is 1140. The summed E-state index contributed by atoms with van der Waals surface area (Å²) in [6.07, 6.45) is 0. The molecule has 32 heavy (non-hydrogen) atoms. The highest BCUT2D eigenvalue weighted by Gasteiger charge is 2.30. The Labute approximate surface area is 199 Å². The normalized spacial score (nSPS) is 15.8. The molecule has 0 radical (unpaired) electrons. The molecule has 0 unspecified atom stereocenters. The Kier molecular flexibility index (Phi) is 7.87. The molecule has 0 aliphatic carbocycles. The van der Waals surface area contributed by atoms with E-state index < -0.39 is 20.0 Å². The number of hydrogen-bond acceptors (Lipinski definition) is 6. The Morgan fingerprint density at radius 1 is 0.906 bits per heavy atom. The fourth-order valence-electron chi connectivity index (χ4n) is 3.71. The number of ether oxygens (including phenoxy) is 1.